The minimum Gasteiger partial charge on any atom is -0.409 e. The molecule has 1 amide bonds. The van der Waals surface area contributed by atoms with Crippen LogP contribution in [-0.2, 0) is 17.6 Å². The molecule has 4 N–H and O–H groups in total. The monoisotopic (exact) mass is 261 g/mol. The molecule has 0 aromatic heterocycles. The van der Waals surface area contributed by atoms with Crippen molar-refractivity contribution < 1.29 is 10.0 Å². The Bertz CT molecular complexity index is 498. The van der Waals surface area contributed by atoms with Gasteiger partial charge in [0.1, 0.15) is 0 Å². The first-order chi connectivity index (χ1) is 8.94. The molecule has 19 heavy (non-hydrogen) atoms. The predicted molar refractivity (Wildman–Crippen MR) is 73.0 cm³/mol. The zero-order valence-corrected chi connectivity index (χ0v) is 11.2. The maximum absolute atomic E-state index is 12.2. The number of nitrogens with zero attached hydrogens (tertiary/aromatic N) is 1. The summed E-state index contributed by atoms with van der Waals surface area (Å²) in [4.78, 5) is 12.2. The molecule has 0 bridgehead atoms. The van der Waals surface area contributed by atoms with E-state index in [-0.39, 0.29) is 17.7 Å². The average molecular weight is 261 g/mol. The summed E-state index contributed by atoms with van der Waals surface area (Å²) in [7, 11) is 0. The Morgan fingerprint density at radius 1 is 1.37 bits per heavy atom. The second-order valence-corrected chi connectivity index (χ2v) is 5.47. The Labute approximate surface area is 112 Å². The van der Waals surface area contributed by atoms with Crippen molar-refractivity contribution >= 4 is 11.7 Å². The van der Waals surface area contributed by atoms with Gasteiger partial charge in [0.15, 0.2) is 5.84 Å². The summed E-state index contributed by atoms with van der Waals surface area (Å²) >= 11 is 0. The number of fused-ring (bicyclic) bond motifs is 1. The minimum absolute atomic E-state index is 0.00337. The molecule has 0 fully saturated rings. The fourth-order valence-electron chi connectivity index (χ4n) is 2.34. The molecule has 5 nitrogen and oxygen atoms in total. The molecule has 5 heteroatoms. The average Bonchev–Trinajstić information content (AvgIpc) is 2.81. The van der Waals surface area contributed by atoms with Crippen LogP contribution in [0.15, 0.2) is 29.4 Å². The normalized spacial score (nSPS) is 16.2. The van der Waals surface area contributed by atoms with E-state index in [9.17, 15) is 4.79 Å². The van der Waals surface area contributed by atoms with Crippen LogP contribution >= 0.6 is 0 Å². The molecule has 102 valence electrons. The van der Waals surface area contributed by atoms with Crippen LogP contribution in [0, 0.1) is 5.92 Å². The molecule has 0 saturated heterocycles. The number of rotatable bonds is 3. The summed E-state index contributed by atoms with van der Waals surface area (Å²) in [5.41, 5.74) is 7.17. The lowest BCUT2D eigenvalue weighted by molar-refractivity contribution is -0.125. The van der Waals surface area contributed by atoms with Crippen LogP contribution in [0.4, 0.5) is 0 Å². The van der Waals surface area contributed by atoms with Crippen molar-refractivity contribution in [1.29, 1.82) is 0 Å². The quantitative estimate of drug-likeness (QED) is 0.329. The Kier molecular flexibility index (Phi) is 3.46. The lowest BCUT2D eigenvalue weighted by Crippen LogP contribution is -2.54. The van der Waals surface area contributed by atoms with Crippen molar-refractivity contribution in [3.05, 3.63) is 35.4 Å². The van der Waals surface area contributed by atoms with Crippen molar-refractivity contribution in [2.45, 2.75) is 32.2 Å². The smallest absolute Gasteiger partial charge is 0.224 e. The first kappa shape index (κ1) is 13.4. The topological polar surface area (TPSA) is 87.7 Å². The molecule has 0 spiro atoms. The Hall–Kier alpha value is -2.04. The van der Waals surface area contributed by atoms with Gasteiger partial charge in [-0.25, -0.2) is 0 Å². The third kappa shape index (κ3) is 2.70. The molecule has 0 aliphatic heterocycles. The Balaban J connectivity index is 2.04. The first-order valence-electron chi connectivity index (χ1n) is 6.31. The van der Waals surface area contributed by atoms with Crippen molar-refractivity contribution in [2.24, 2.45) is 16.8 Å². The second-order valence-electron chi connectivity index (χ2n) is 5.47. The van der Waals surface area contributed by atoms with Gasteiger partial charge in [-0.2, -0.15) is 0 Å². The highest BCUT2D eigenvalue weighted by atomic mass is 16.4. The van der Waals surface area contributed by atoms with Gasteiger partial charge in [-0.15, -0.1) is 0 Å². The molecule has 1 aromatic rings. The Morgan fingerprint density at radius 3 is 2.37 bits per heavy atom. The minimum atomic E-state index is -0.847. The van der Waals surface area contributed by atoms with Crippen molar-refractivity contribution in [3.8, 4) is 0 Å². The van der Waals surface area contributed by atoms with Crippen LogP contribution in [0.5, 0.6) is 0 Å². The molecule has 0 heterocycles. The van der Waals surface area contributed by atoms with Gasteiger partial charge >= 0.3 is 0 Å². The number of carbonyl (C=O) groups excluding carboxylic acids is 1. The fraction of sp³-hybridized carbons (Fsp3) is 0.429. The third-order valence-electron chi connectivity index (χ3n) is 3.61. The number of amides is 1. The summed E-state index contributed by atoms with van der Waals surface area (Å²) in [5, 5.41) is 14.5. The van der Waals surface area contributed by atoms with Crippen LogP contribution in [0.2, 0.25) is 0 Å². The van der Waals surface area contributed by atoms with Crippen molar-refractivity contribution in [2.75, 3.05) is 0 Å². The molecule has 1 aliphatic rings. The molecule has 2 rings (SSSR count). The number of carbonyl (C=O) groups is 1. The van der Waals surface area contributed by atoms with E-state index >= 15 is 0 Å². The lowest BCUT2D eigenvalue weighted by Gasteiger charge is -2.26. The van der Waals surface area contributed by atoms with Crippen LogP contribution in [0.1, 0.15) is 25.0 Å². The van der Waals surface area contributed by atoms with Crippen LogP contribution in [0.25, 0.3) is 0 Å². The molecular formula is C14H19N3O2. The largest absolute Gasteiger partial charge is 0.409 e. The maximum atomic E-state index is 12.2. The first-order valence-corrected chi connectivity index (χ1v) is 6.31. The van der Waals surface area contributed by atoms with Gasteiger partial charge in [-0.05, 0) is 37.8 Å². The molecule has 0 atom stereocenters. The van der Waals surface area contributed by atoms with E-state index in [4.69, 9.17) is 10.9 Å². The van der Waals surface area contributed by atoms with Gasteiger partial charge in [0.2, 0.25) is 5.91 Å². The molecule has 1 aromatic carbocycles. The molecular weight excluding hydrogens is 242 g/mol. The summed E-state index contributed by atoms with van der Waals surface area (Å²) < 4.78 is 0. The van der Waals surface area contributed by atoms with Crippen LogP contribution < -0.4 is 11.1 Å². The molecule has 0 unspecified atom stereocenters. The summed E-state index contributed by atoms with van der Waals surface area (Å²) in [6.07, 6.45) is 1.49. The van der Waals surface area contributed by atoms with Crippen molar-refractivity contribution in [3.63, 3.8) is 0 Å². The van der Waals surface area contributed by atoms with E-state index in [2.05, 4.69) is 22.6 Å². The molecule has 0 saturated carbocycles. The fourth-order valence-corrected chi connectivity index (χ4v) is 2.34. The highest BCUT2D eigenvalue weighted by Gasteiger charge is 2.32. The lowest BCUT2D eigenvalue weighted by atomic mass is 10.00. The highest BCUT2D eigenvalue weighted by Crippen LogP contribution is 2.26. The number of amidine groups is 1. The number of benzene rings is 1. The van der Waals surface area contributed by atoms with Gasteiger partial charge in [0.25, 0.3) is 0 Å². The number of hydrogen-bond donors (Lipinski definition) is 3. The summed E-state index contributed by atoms with van der Waals surface area (Å²) in [5.74, 6) is -0.146. The van der Waals surface area contributed by atoms with Gasteiger partial charge in [0, 0.05) is 5.92 Å². The predicted octanol–water partition coefficient (Wildman–Crippen LogP) is 1.04. The molecule has 1 aliphatic carbocycles. The number of oxime groups is 1. The van der Waals surface area contributed by atoms with E-state index in [0.29, 0.717) is 0 Å². The van der Waals surface area contributed by atoms with E-state index in [1.54, 1.807) is 13.8 Å². The number of nitrogens with two attached hydrogens (primary N) is 1. The summed E-state index contributed by atoms with van der Waals surface area (Å²) in [6, 6.07) is 8.08. The van der Waals surface area contributed by atoms with E-state index in [1.807, 2.05) is 12.1 Å². The zero-order chi connectivity index (χ0) is 14.0. The molecule has 0 radical (unpaired) electrons. The van der Waals surface area contributed by atoms with E-state index in [0.717, 1.165) is 12.8 Å². The standard InChI is InChI=1S/C14H19N3O2/c1-14(2,13(15)17-19)16-12(18)11-7-9-5-3-4-6-10(9)8-11/h3-6,11,19H,7-8H2,1-2H3,(H2,15,17)(H,16,18). The number of nitrogens with one attached hydrogen (secondary N) is 1. The van der Waals surface area contributed by atoms with E-state index in [1.165, 1.54) is 11.1 Å². The Morgan fingerprint density at radius 2 is 1.89 bits per heavy atom. The van der Waals surface area contributed by atoms with Crippen LogP contribution in [-0.4, -0.2) is 22.5 Å². The van der Waals surface area contributed by atoms with Gasteiger partial charge < -0.3 is 16.3 Å². The van der Waals surface area contributed by atoms with Crippen LogP contribution in [0.3, 0.4) is 0 Å². The van der Waals surface area contributed by atoms with E-state index < -0.39 is 5.54 Å². The third-order valence-corrected chi connectivity index (χ3v) is 3.61. The number of hydrogen-bond acceptors (Lipinski definition) is 3. The maximum Gasteiger partial charge on any atom is 0.224 e. The van der Waals surface area contributed by atoms with Gasteiger partial charge in [-0.1, -0.05) is 29.4 Å². The van der Waals surface area contributed by atoms with Crippen molar-refractivity contribution in [1.82, 2.24) is 5.32 Å². The van der Waals surface area contributed by atoms with Gasteiger partial charge in [0.05, 0.1) is 5.54 Å². The SMILES string of the molecule is CC(C)(NC(=O)C1Cc2ccccc2C1)/C(N)=N/O. The summed E-state index contributed by atoms with van der Waals surface area (Å²) in [6.45, 7) is 3.42. The highest BCUT2D eigenvalue weighted by molar-refractivity contribution is 5.93. The zero-order valence-electron chi connectivity index (χ0n) is 11.2. The van der Waals surface area contributed by atoms with Gasteiger partial charge in [-0.3, -0.25) is 4.79 Å². The second kappa shape index (κ2) is 4.91.